The molecule has 0 amide bonds. The second-order valence-corrected chi connectivity index (χ2v) is 6.20. The lowest BCUT2D eigenvalue weighted by molar-refractivity contribution is 0.314. The lowest BCUT2D eigenvalue weighted by Gasteiger charge is -2.09. The van der Waals surface area contributed by atoms with E-state index in [-0.39, 0.29) is 22.9 Å². The van der Waals surface area contributed by atoms with Crippen LogP contribution in [-0.2, 0) is 0 Å². The van der Waals surface area contributed by atoms with E-state index in [1.165, 1.54) is 19.4 Å². The average Bonchev–Trinajstić information content (AvgIpc) is 3.16. The van der Waals surface area contributed by atoms with E-state index in [0.29, 0.717) is 27.8 Å². The normalized spacial score (nSPS) is 11.1. The van der Waals surface area contributed by atoms with Crippen LogP contribution in [0.2, 0.25) is 5.02 Å². The first-order valence-corrected chi connectivity index (χ1v) is 8.69. The van der Waals surface area contributed by atoms with Gasteiger partial charge in [-0.1, -0.05) is 17.7 Å². The summed E-state index contributed by atoms with van der Waals surface area (Å²) in [5.41, 5.74) is 4.41. The van der Waals surface area contributed by atoms with Crippen LogP contribution in [0, 0.1) is 0 Å². The van der Waals surface area contributed by atoms with Crippen molar-refractivity contribution in [3.8, 4) is 11.5 Å². The van der Waals surface area contributed by atoms with Crippen LogP contribution in [0.3, 0.4) is 0 Å². The van der Waals surface area contributed by atoms with Crippen LogP contribution in [-0.4, -0.2) is 38.7 Å². The van der Waals surface area contributed by atoms with Gasteiger partial charge >= 0.3 is 0 Å². The molecular weight excluding hydrogens is 398 g/mol. The Kier molecular flexibility index (Phi) is 5.08. The molecule has 2 aromatic carbocycles. The number of ether oxygens (including phenoxy) is 1. The number of benzene rings is 2. The Balaban J connectivity index is 1.62. The molecule has 0 spiro atoms. The van der Waals surface area contributed by atoms with Gasteiger partial charge in [-0.15, -0.1) is 0 Å². The molecule has 0 fully saturated rings. The van der Waals surface area contributed by atoms with Gasteiger partial charge in [-0.25, -0.2) is 9.61 Å². The largest absolute Gasteiger partial charge is 0.507 e. The highest BCUT2D eigenvalue weighted by atomic mass is 35.5. The predicted molar refractivity (Wildman–Crippen MR) is 108 cm³/mol. The number of rotatable bonds is 6. The number of hydrazone groups is 1. The molecule has 0 saturated carbocycles. The van der Waals surface area contributed by atoms with Crippen LogP contribution in [0.25, 0.3) is 11.3 Å². The zero-order valence-electron chi connectivity index (χ0n) is 15.0. The molecule has 0 aliphatic heterocycles. The van der Waals surface area contributed by atoms with Crippen LogP contribution in [0.5, 0.6) is 11.5 Å². The molecule has 10 nitrogen and oxygen atoms in total. The molecule has 0 unspecified atom stereocenters. The fourth-order valence-electron chi connectivity index (χ4n) is 2.43. The smallest absolute Gasteiger partial charge is 0.245 e. The first kappa shape index (κ1) is 18.4. The van der Waals surface area contributed by atoms with Gasteiger partial charge in [0.1, 0.15) is 11.5 Å². The Labute approximate surface area is 169 Å². The molecule has 0 aliphatic rings. The fraction of sp³-hybridized carbons (Fsp3) is 0.0556. The van der Waals surface area contributed by atoms with Gasteiger partial charge in [0.2, 0.25) is 11.3 Å². The second-order valence-electron chi connectivity index (χ2n) is 5.76. The molecule has 4 aromatic rings. The lowest BCUT2D eigenvalue weighted by atomic mass is 10.2. The summed E-state index contributed by atoms with van der Waals surface area (Å²) in [7, 11) is 1.52. The molecule has 2 aromatic heterocycles. The van der Waals surface area contributed by atoms with Crippen molar-refractivity contribution in [3.63, 3.8) is 0 Å². The number of halogens is 1. The van der Waals surface area contributed by atoms with Crippen molar-refractivity contribution >= 4 is 46.4 Å². The fourth-order valence-corrected chi connectivity index (χ4v) is 2.62. The number of phenolic OH excluding ortho intramolecular Hbond substituents is 1. The van der Waals surface area contributed by atoms with Gasteiger partial charge in [-0.2, -0.15) is 10.1 Å². The number of fused-ring (bicyclic) bond motifs is 1. The molecule has 0 aliphatic carbocycles. The number of hydrogen-bond acceptors (Lipinski definition) is 10. The van der Waals surface area contributed by atoms with E-state index >= 15 is 0 Å². The van der Waals surface area contributed by atoms with Crippen molar-refractivity contribution in [2.24, 2.45) is 5.10 Å². The Morgan fingerprint density at radius 3 is 2.62 bits per heavy atom. The molecule has 0 saturated heterocycles. The van der Waals surface area contributed by atoms with E-state index < -0.39 is 0 Å². The Hall–Kier alpha value is -3.92. The van der Waals surface area contributed by atoms with Gasteiger partial charge in [0.05, 0.1) is 13.3 Å². The van der Waals surface area contributed by atoms with E-state index in [1.54, 1.807) is 30.3 Å². The molecule has 0 bridgehead atoms. The van der Waals surface area contributed by atoms with E-state index in [0.717, 1.165) is 0 Å². The molecule has 0 radical (unpaired) electrons. The third-order valence-electron chi connectivity index (χ3n) is 3.81. The minimum atomic E-state index is 0.0226. The molecule has 3 N–H and O–H groups in total. The van der Waals surface area contributed by atoms with E-state index in [4.69, 9.17) is 16.3 Å². The van der Waals surface area contributed by atoms with Crippen LogP contribution < -0.4 is 15.5 Å². The van der Waals surface area contributed by atoms with Gasteiger partial charge in [-0.05, 0) is 40.6 Å². The first-order chi connectivity index (χ1) is 14.1. The maximum absolute atomic E-state index is 10.0. The topological polar surface area (TPSA) is 131 Å². The predicted octanol–water partition coefficient (Wildman–Crippen LogP) is 3.57. The monoisotopic (exact) mass is 411 g/mol. The Morgan fingerprint density at radius 2 is 1.90 bits per heavy atom. The quantitative estimate of drug-likeness (QED) is 0.322. The summed E-state index contributed by atoms with van der Waals surface area (Å²) in [6.07, 6.45) is 1.44. The molecule has 0 atom stereocenters. The molecule has 146 valence electrons. The summed E-state index contributed by atoms with van der Waals surface area (Å²) in [5.74, 6) is 1.17. The summed E-state index contributed by atoms with van der Waals surface area (Å²) in [5, 5.41) is 25.2. The van der Waals surface area contributed by atoms with Crippen LogP contribution in [0.15, 0.2) is 52.2 Å². The Bertz CT molecular complexity index is 1200. The summed E-state index contributed by atoms with van der Waals surface area (Å²) in [6.45, 7) is 0. The van der Waals surface area contributed by atoms with Gasteiger partial charge in [0.15, 0.2) is 11.6 Å². The van der Waals surface area contributed by atoms with Crippen LogP contribution >= 0.6 is 11.6 Å². The number of aromatic nitrogens is 4. The maximum atomic E-state index is 10.0. The number of aromatic hydroxyl groups is 1. The zero-order valence-corrected chi connectivity index (χ0v) is 15.8. The highest BCUT2D eigenvalue weighted by molar-refractivity contribution is 6.30. The summed E-state index contributed by atoms with van der Waals surface area (Å²) < 4.78 is 9.73. The molecular formula is C18H14ClN7O3. The van der Waals surface area contributed by atoms with Crippen molar-refractivity contribution < 1.29 is 14.5 Å². The first-order valence-electron chi connectivity index (χ1n) is 8.31. The molecule has 4 rings (SSSR count). The zero-order chi connectivity index (χ0) is 20.2. The molecule has 2 heterocycles. The summed E-state index contributed by atoms with van der Waals surface area (Å²) in [6, 6.07) is 12.0. The van der Waals surface area contributed by atoms with Crippen molar-refractivity contribution in [2.75, 3.05) is 17.9 Å². The number of phenols is 1. The van der Waals surface area contributed by atoms with Crippen LogP contribution in [0.1, 0.15) is 5.56 Å². The summed E-state index contributed by atoms with van der Waals surface area (Å²) in [4.78, 5) is 8.64. The lowest BCUT2D eigenvalue weighted by Crippen LogP contribution is -2.03. The summed E-state index contributed by atoms with van der Waals surface area (Å²) >= 11 is 6.03. The van der Waals surface area contributed by atoms with Gasteiger partial charge < -0.3 is 15.2 Å². The number of methoxy groups -OCH3 is 1. The number of nitrogens with one attached hydrogen (secondary N) is 2. The van der Waals surface area contributed by atoms with Crippen molar-refractivity contribution in [3.05, 3.63) is 53.1 Å². The second kappa shape index (κ2) is 7.98. The SMILES string of the molecule is COc1ccc(C=NNc2nc3nonc3nc2Nc2cccc(Cl)c2)c(O)c1. The van der Waals surface area contributed by atoms with E-state index in [1.807, 2.05) is 6.07 Å². The minimum Gasteiger partial charge on any atom is -0.507 e. The van der Waals surface area contributed by atoms with Gasteiger partial charge in [-0.3, -0.25) is 5.43 Å². The van der Waals surface area contributed by atoms with Crippen molar-refractivity contribution in [1.82, 2.24) is 20.3 Å². The van der Waals surface area contributed by atoms with Crippen molar-refractivity contribution in [2.45, 2.75) is 0 Å². The highest BCUT2D eigenvalue weighted by Crippen LogP contribution is 2.26. The van der Waals surface area contributed by atoms with E-state index in [2.05, 4.69) is 40.8 Å². The van der Waals surface area contributed by atoms with Gasteiger partial charge in [0.25, 0.3) is 0 Å². The highest BCUT2D eigenvalue weighted by Gasteiger charge is 2.13. The minimum absolute atomic E-state index is 0.0226. The number of anilines is 3. The van der Waals surface area contributed by atoms with E-state index in [9.17, 15) is 5.11 Å². The Morgan fingerprint density at radius 1 is 1.10 bits per heavy atom. The molecule has 29 heavy (non-hydrogen) atoms. The van der Waals surface area contributed by atoms with Gasteiger partial charge in [0, 0.05) is 22.3 Å². The maximum Gasteiger partial charge on any atom is 0.245 e. The third-order valence-corrected chi connectivity index (χ3v) is 4.05. The average molecular weight is 412 g/mol. The van der Waals surface area contributed by atoms with Crippen molar-refractivity contribution in [1.29, 1.82) is 0 Å². The molecule has 11 heteroatoms. The third kappa shape index (κ3) is 4.17. The number of nitrogens with zero attached hydrogens (tertiary/aromatic N) is 5. The standard InChI is InChI=1S/C18H14ClN7O3/c1-28-13-6-5-10(14(27)8-13)9-20-24-16-15(21-12-4-2-3-11(19)7-12)22-17-18(23-16)26-29-25-17/h2-9,27H,1H3,(H,21,22,25)(H,23,24,26). The van der Waals surface area contributed by atoms with Crippen LogP contribution in [0.4, 0.5) is 17.3 Å². The number of hydrogen-bond donors (Lipinski definition) is 3.